The second kappa shape index (κ2) is 8.91. The Labute approximate surface area is 169 Å². The summed E-state index contributed by atoms with van der Waals surface area (Å²) in [5.41, 5.74) is 0.117. The maximum absolute atomic E-state index is 12.7. The molecule has 1 aromatic carbocycles. The van der Waals surface area contributed by atoms with Crippen molar-refractivity contribution in [2.75, 3.05) is 19.7 Å². The zero-order chi connectivity index (χ0) is 21.0. The van der Waals surface area contributed by atoms with Crippen LogP contribution in [-0.2, 0) is 19.6 Å². The van der Waals surface area contributed by atoms with Crippen molar-refractivity contribution < 1.29 is 27.5 Å². The minimum Gasteiger partial charge on any atom is -0.452 e. The van der Waals surface area contributed by atoms with Gasteiger partial charge in [0, 0.05) is 19.1 Å². The monoisotopic (exact) mass is 423 g/mol. The lowest BCUT2D eigenvalue weighted by Crippen LogP contribution is -2.42. The summed E-state index contributed by atoms with van der Waals surface area (Å²) < 4.78 is 31.7. The van der Waals surface area contributed by atoms with Gasteiger partial charge < -0.3 is 10.1 Å². The molecule has 1 saturated heterocycles. The van der Waals surface area contributed by atoms with Gasteiger partial charge in [0.25, 0.3) is 5.91 Å². The number of hydrogen-bond acceptors (Lipinski definition) is 6. The highest BCUT2D eigenvalue weighted by atomic mass is 32.2. The minimum atomic E-state index is -3.60. The second-order valence-electron chi connectivity index (χ2n) is 7.48. The van der Waals surface area contributed by atoms with E-state index in [-0.39, 0.29) is 16.5 Å². The molecule has 0 radical (unpaired) electrons. The smallest absolute Gasteiger partial charge is 0.338 e. The summed E-state index contributed by atoms with van der Waals surface area (Å²) in [5, 5.41) is 4.66. The molecule has 3 rings (SSSR count). The number of amides is 3. The molecule has 0 spiro atoms. The van der Waals surface area contributed by atoms with E-state index in [2.05, 4.69) is 17.6 Å². The van der Waals surface area contributed by atoms with Crippen molar-refractivity contribution in [3.63, 3.8) is 0 Å². The van der Waals surface area contributed by atoms with Crippen LogP contribution in [0.1, 0.15) is 43.0 Å². The van der Waals surface area contributed by atoms with Gasteiger partial charge in [0.2, 0.25) is 10.0 Å². The Morgan fingerprint density at radius 2 is 1.69 bits per heavy atom. The molecule has 0 atom stereocenters. The third-order valence-electron chi connectivity index (χ3n) is 4.97. The molecular weight excluding hydrogens is 398 g/mol. The van der Waals surface area contributed by atoms with Crippen molar-refractivity contribution in [3.05, 3.63) is 29.8 Å². The first-order valence-corrected chi connectivity index (χ1v) is 11.1. The molecule has 1 aliphatic heterocycles. The lowest BCUT2D eigenvalue weighted by Gasteiger charge is -2.29. The molecule has 3 amide bonds. The average Bonchev–Trinajstić information content (AvgIpc) is 3.50. The van der Waals surface area contributed by atoms with Gasteiger partial charge in [-0.2, -0.15) is 4.31 Å². The van der Waals surface area contributed by atoms with E-state index in [4.69, 9.17) is 4.74 Å². The summed E-state index contributed by atoms with van der Waals surface area (Å²) >= 11 is 0. The molecule has 2 fully saturated rings. The molecule has 0 bridgehead atoms. The molecule has 1 aliphatic carbocycles. The Hall–Kier alpha value is -2.46. The number of ether oxygens (including phenoxy) is 1. The maximum Gasteiger partial charge on any atom is 0.338 e. The fourth-order valence-corrected chi connectivity index (χ4v) is 4.43. The molecule has 0 aromatic heterocycles. The largest absolute Gasteiger partial charge is 0.452 e. The minimum absolute atomic E-state index is 0.105. The Morgan fingerprint density at radius 3 is 2.28 bits per heavy atom. The highest BCUT2D eigenvalue weighted by Crippen LogP contribution is 2.23. The Kier molecular flexibility index (Phi) is 6.53. The first-order valence-electron chi connectivity index (χ1n) is 9.63. The van der Waals surface area contributed by atoms with Crippen LogP contribution in [0.2, 0.25) is 0 Å². The van der Waals surface area contributed by atoms with Crippen molar-refractivity contribution in [3.8, 4) is 0 Å². The van der Waals surface area contributed by atoms with Gasteiger partial charge in [0.15, 0.2) is 6.61 Å². The average molecular weight is 423 g/mol. The zero-order valence-electron chi connectivity index (χ0n) is 16.2. The number of sulfonamides is 1. The third kappa shape index (κ3) is 5.77. The van der Waals surface area contributed by atoms with Gasteiger partial charge in [-0.15, -0.1) is 0 Å². The molecule has 10 heteroatoms. The van der Waals surface area contributed by atoms with Crippen molar-refractivity contribution in [1.29, 1.82) is 0 Å². The van der Waals surface area contributed by atoms with Crippen LogP contribution in [0.4, 0.5) is 4.79 Å². The number of esters is 1. The van der Waals surface area contributed by atoms with Crippen molar-refractivity contribution in [2.45, 2.75) is 43.5 Å². The highest BCUT2D eigenvalue weighted by molar-refractivity contribution is 7.89. The summed E-state index contributed by atoms with van der Waals surface area (Å²) in [6, 6.07) is 4.89. The number of rotatable bonds is 6. The number of benzene rings is 1. The van der Waals surface area contributed by atoms with E-state index in [1.165, 1.54) is 28.6 Å². The molecule has 0 unspecified atom stereocenters. The highest BCUT2D eigenvalue weighted by Gasteiger charge is 2.28. The van der Waals surface area contributed by atoms with E-state index in [1.54, 1.807) is 0 Å². The zero-order valence-corrected chi connectivity index (χ0v) is 17.0. The van der Waals surface area contributed by atoms with Gasteiger partial charge in [-0.25, -0.2) is 18.0 Å². The third-order valence-corrected chi connectivity index (χ3v) is 6.88. The van der Waals surface area contributed by atoms with Gasteiger partial charge in [-0.1, -0.05) is 6.92 Å². The quantitative estimate of drug-likeness (QED) is 0.664. The number of carbonyl (C=O) groups is 3. The predicted molar refractivity (Wildman–Crippen MR) is 104 cm³/mol. The second-order valence-corrected chi connectivity index (χ2v) is 9.42. The number of hydrogen-bond donors (Lipinski definition) is 2. The number of imide groups is 1. The van der Waals surface area contributed by atoms with E-state index >= 15 is 0 Å². The Morgan fingerprint density at radius 1 is 1.07 bits per heavy atom. The fraction of sp³-hybridized carbons (Fsp3) is 0.526. The fourth-order valence-electron chi connectivity index (χ4n) is 2.96. The van der Waals surface area contributed by atoms with Gasteiger partial charge in [0.1, 0.15) is 0 Å². The van der Waals surface area contributed by atoms with Crippen molar-refractivity contribution >= 4 is 27.9 Å². The molecule has 9 nitrogen and oxygen atoms in total. The topological polar surface area (TPSA) is 122 Å². The van der Waals surface area contributed by atoms with Crippen LogP contribution in [0.5, 0.6) is 0 Å². The number of nitrogens with one attached hydrogen (secondary N) is 2. The van der Waals surface area contributed by atoms with Crippen LogP contribution in [0, 0.1) is 5.92 Å². The summed E-state index contributed by atoms with van der Waals surface area (Å²) in [5.74, 6) is -1.01. The SMILES string of the molecule is CC1CCN(S(=O)(=O)c2ccc(C(=O)OCC(=O)NC(=O)NC3CC3)cc2)CC1. The number of urea groups is 1. The molecule has 1 heterocycles. The van der Waals surface area contributed by atoms with Crippen LogP contribution in [0.25, 0.3) is 0 Å². The summed E-state index contributed by atoms with van der Waals surface area (Å²) in [6.07, 6.45) is 3.42. The van der Waals surface area contributed by atoms with Gasteiger partial charge in [0.05, 0.1) is 10.5 Å². The van der Waals surface area contributed by atoms with Crippen molar-refractivity contribution in [1.82, 2.24) is 14.9 Å². The molecule has 2 N–H and O–H groups in total. The summed E-state index contributed by atoms with van der Waals surface area (Å²) in [6.45, 7) is 2.46. The Balaban J connectivity index is 1.51. The van der Waals surface area contributed by atoms with E-state index in [0.29, 0.717) is 19.0 Å². The van der Waals surface area contributed by atoms with Crippen LogP contribution in [-0.4, -0.2) is 56.4 Å². The van der Waals surface area contributed by atoms with E-state index in [9.17, 15) is 22.8 Å². The lowest BCUT2D eigenvalue weighted by molar-refractivity contribution is -0.123. The molecule has 2 aliphatic rings. The van der Waals surface area contributed by atoms with E-state index in [1.807, 2.05) is 0 Å². The van der Waals surface area contributed by atoms with Gasteiger partial charge in [-0.3, -0.25) is 10.1 Å². The summed E-state index contributed by atoms with van der Waals surface area (Å²) in [7, 11) is -3.60. The number of nitrogens with zero attached hydrogens (tertiary/aromatic N) is 1. The lowest BCUT2D eigenvalue weighted by atomic mass is 10.0. The van der Waals surface area contributed by atoms with Crippen LogP contribution in [0.15, 0.2) is 29.2 Å². The molecule has 1 aromatic rings. The van der Waals surface area contributed by atoms with Gasteiger partial charge in [-0.05, 0) is 55.9 Å². The molecule has 158 valence electrons. The maximum atomic E-state index is 12.7. The number of carbonyl (C=O) groups excluding carboxylic acids is 3. The van der Waals surface area contributed by atoms with E-state index in [0.717, 1.165) is 25.7 Å². The molecule has 1 saturated carbocycles. The predicted octanol–water partition coefficient (Wildman–Crippen LogP) is 1.25. The van der Waals surface area contributed by atoms with Crippen LogP contribution >= 0.6 is 0 Å². The number of piperidine rings is 1. The summed E-state index contributed by atoms with van der Waals surface area (Å²) in [4.78, 5) is 35.3. The van der Waals surface area contributed by atoms with Crippen molar-refractivity contribution in [2.24, 2.45) is 5.92 Å². The van der Waals surface area contributed by atoms with Crippen LogP contribution < -0.4 is 10.6 Å². The molecule has 29 heavy (non-hydrogen) atoms. The van der Waals surface area contributed by atoms with Crippen LogP contribution in [0.3, 0.4) is 0 Å². The standard InChI is InChI=1S/C19H25N3O6S/c1-13-8-10-22(11-9-13)29(26,27)16-6-2-14(3-7-16)18(24)28-12-17(23)21-19(25)20-15-4-5-15/h2-3,6-7,13,15H,4-5,8-12H2,1H3,(H2,20,21,23,25). The first kappa shape index (κ1) is 21.3. The van der Waals surface area contributed by atoms with Gasteiger partial charge >= 0.3 is 12.0 Å². The molecular formula is C19H25N3O6S. The first-order chi connectivity index (χ1) is 13.8. The Bertz CT molecular complexity index is 872. The normalized spacial score (nSPS) is 18.1. The van der Waals surface area contributed by atoms with E-state index < -0.39 is 34.5 Å².